The van der Waals surface area contributed by atoms with Crippen molar-refractivity contribution in [2.75, 3.05) is 0 Å². The Balaban J connectivity index is 1.23. The molecule has 0 unspecified atom stereocenters. The van der Waals surface area contributed by atoms with Crippen molar-refractivity contribution in [3.05, 3.63) is 139 Å². The van der Waals surface area contributed by atoms with Crippen LogP contribution in [0.1, 0.15) is 17.5 Å². The van der Waals surface area contributed by atoms with Gasteiger partial charge >= 0.3 is 0 Å². The molecule has 5 heteroatoms. The van der Waals surface area contributed by atoms with Crippen molar-refractivity contribution >= 4 is 60.5 Å². The van der Waals surface area contributed by atoms with Gasteiger partial charge in [0.05, 0.1) is 0 Å². The fourth-order valence-corrected chi connectivity index (χ4v) is 7.13. The second-order valence-electron chi connectivity index (χ2n) is 12.2. The molecule has 0 fully saturated rings. The number of hydrogen-bond donors (Lipinski definition) is 0. The fourth-order valence-electron chi connectivity index (χ4n) is 7.13. The Morgan fingerprint density at radius 1 is 0.553 bits per heavy atom. The monoisotopic (exact) mass is 602 g/mol. The van der Waals surface area contributed by atoms with Crippen LogP contribution in [-0.2, 0) is 6.42 Å². The summed E-state index contributed by atoms with van der Waals surface area (Å²) in [7, 11) is 0. The largest absolute Gasteiger partial charge is 0.437 e. The molecule has 3 aromatic heterocycles. The number of benzene rings is 6. The highest BCUT2D eigenvalue weighted by atomic mass is 16.3. The number of furan rings is 1. The van der Waals surface area contributed by atoms with Gasteiger partial charge in [-0.05, 0) is 81.2 Å². The smallest absolute Gasteiger partial charge is 0.227 e. The van der Waals surface area contributed by atoms with Crippen LogP contribution in [0.4, 0.5) is 0 Å². The van der Waals surface area contributed by atoms with E-state index in [1.165, 1.54) is 27.3 Å². The van der Waals surface area contributed by atoms with E-state index in [4.69, 9.17) is 19.4 Å². The van der Waals surface area contributed by atoms with E-state index in [1.807, 2.05) is 6.07 Å². The van der Waals surface area contributed by atoms with Crippen LogP contribution in [0.3, 0.4) is 0 Å². The van der Waals surface area contributed by atoms with Crippen LogP contribution in [-0.4, -0.2) is 19.9 Å². The molecule has 47 heavy (non-hydrogen) atoms. The van der Waals surface area contributed by atoms with E-state index < -0.39 is 0 Å². The summed E-state index contributed by atoms with van der Waals surface area (Å²) >= 11 is 0. The number of nitrogens with zero attached hydrogens (tertiary/aromatic N) is 4. The van der Waals surface area contributed by atoms with Crippen molar-refractivity contribution in [2.45, 2.75) is 12.8 Å². The molecule has 1 aliphatic rings. The summed E-state index contributed by atoms with van der Waals surface area (Å²) in [6.45, 7) is 0. The molecular formula is C42H26N4O. The Morgan fingerprint density at radius 2 is 1.30 bits per heavy atom. The maximum absolute atomic E-state index is 6.41. The van der Waals surface area contributed by atoms with Crippen molar-refractivity contribution in [1.82, 2.24) is 19.9 Å². The summed E-state index contributed by atoms with van der Waals surface area (Å²) in [6, 6.07) is 40.2. The predicted molar refractivity (Wildman–Crippen MR) is 191 cm³/mol. The molecule has 0 amide bonds. The Morgan fingerprint density at radius 3 is 2.21 bits per heavy atom. The first-order chi connectivity index (χ1) is 23.3. The predicted octanol–water partition coefficient (Wildman–Crippen LogP) is 10.6. The number of aryl methyl sites for hydroxylation is 1. The molecule has 0 radical (unpaired) electrons. The molecule has 0 saturated carbocycles. The van der Waals surface area contributed by atoms with Crippen LogP contribution in [0.2, 0.25) is 0 Å². The molecule has 0 saturated heterocycles. The second kappa shape index (κ2) is 10.2. The molecule has 0 N–H and O–H groups in total. The highest BCUT2D eigenvalue weighted by Gasteiger charge is 2.19. The maximum Gasteiger partial charge on any atom is 0.227 e. The normalized spacial score (nSPS) is 12.9. The van der Waals surface area contributed by atoms with Crippen molar-refractivity contribution in [3.63, 3.8) is 0 Å². The summed E-state index contributed by atoms with van der Waals surface area (Å²) in [4.78, 5) is 19.9. The number of rotatable bonds is 3. The third-order valence-corrected chi connectivity index (χ3v) is 9.43. The van der Waals surface area contributed by atoms with E-state index in [-0.39, 0.29) is 0 Å². The summed E-state index contributed by atoms with van der Waals surface area (Å²) in [5.41, 5.74) is 6.89. The molecule has 3 heterocycles. The molecule has 5 nitrogen and oxygen atoms in total. The topological polar surface area (TPSA) is 64.7 Å². The molecule has 0 spiro atoms. The van der Waals surface area contributed by atoms with Gasteiger partial charge in [-0.2, -0.15) is 0 Å². The van der Waals surface area contributed by atoms with Crippen LogP contribution in [0.25, 0.3) is 94.6 Å². The average Bonchev–Trinajstić information content (AvgIpc) is 3.53. The van der Waals surface area contributed by atoms with Gasteiger partial charge in [-0.15, -0.1) is 0 Å². The molecular weight excluding hydrogens is 576 g/mol. The van der Waals surface area contributed by atoms with Crippen LogP contribution >= 0.6 is 0 Å². The van der Waals surface area contributed by atoms with E-state index in [2.05, 4.69) is 126 Å². The minimum Gasteiger partial charge on any atom is -0.437 e. The zero-order valence-corrected chi connectivity index (χ0v) is 25.3. The van der Waals surface area contributed by atoms with Crippen molar-refractivity contribution in [3.8, 4) is 34.2 Å². The molecule has 9 aromatic rings. The van der Waals surface area contributed by atoms with Gasteiger partial charge in [0, 0.05) is 39.0 Å². The van der Waals surface area contributed by atoms with Crippen molar-refractivity contribution in [2.24, 2.45) is 0 Å². The third-order valence-electron chi connectivity index (χ3n) is 9.43. The molecule has 220 valence electrons. The van der Waals surface area contributed by atoms with Gasteiger partial charge in [-0.3, -0.25) is 0 Å². The Bertz CT molecular complexity index is 2760. The second-order valence-corrected chi connectivity index (χ2v) is 12.2. The summed E-state index contributed by atoms with van der Waals surface area (Å²) in [6.07, 6.45) is 8.38. The SMILES string of the molecule is C1=Cc2ccc3cc(-c4nc(-c5ccc6ccccc6c5)nc(-c5cccc6ccc7c8cccnc8oc7c56)n4)ccc3c2CC1. The van der Waals surface area contributed by atoms with Crippen LogP contribution in [0.15, 0.2) is 132 Å². The standard InChI is InChI=1S/C42H26N4O/c1-2-9-28-23-30(17-14-25(28)7-1)39-44-40(31-19-20-33-29(24-31)16-15-26-8-3-4-11-32(26)33)46-41(45-39)36-12-5-10-27-18-21-34-35-13-6-22-43-42(35)47-38(34)37(27)36/h1-3,5-10,12-24H,4,11H2. The number of allylic oxidation sites excluding steroid dienone is 1. The lowest BCUT2D eigenvalue weighted by molar-refractivity contribution is 0.657. The highest BCUT2D eigenvalue weighted by Crippen LogP contribution is 2.39. The van der Waals surface area contributed by atoms with Crippen molar-refractivity contribution in [1.29, 1.82) is 0 Å². The minimum absolute atomic E-state index is 0.598. The molecule has 0 bridgehead atoms. The lowest BCUT2D eigenvalue weighted by atomic mass is 9.91. The molecule has 0 atom stereocenters. The third kappa shape index (κ3) is 4.17. The van der Waals surface area contributed by atoms with Gasteiger partial charge in [-0.1, -0.05) is 97.1 Å². The number of hydrogen-bond acceptors (Lipinski definition) is 5. The minimum atomic E-state index is 0.598. The Kier molecular flexibility index (Phi) is 5.63. The van der Waals surface area contributed by atoms with Gasteiger partial charge in [0.25, 0.3) is 0 Å². The van der Waals surface area contributed by atoms with Crippen molar-refractivity contribution < 1.29 is 4.42 Å². The molecule has 0 aliphatic heterocycles. The maximum atomic E-state index is 6.41. The van der Waals surface area contributed by atoms with Gasteiger partial charge in [-0.25, -0.2) is 19.9 Å². The van der Waals surface area contributed by atoms with Gasteiger partial charge in [0.15, 0.2) is 17.5 Å². The summed E-state index contributed by atoms with van der Waals surface area (Å²) in [5.74, 6) is 1.86. The summed E-state index contributed by atoms with van der Waals surface area (Å²) in [5, 5.41) is 8.80. The highest BCUT2D eigenvalue weighted by molar-refractivity contribution is 6.18. The van der Waals surface area contributed by atoms with Crippen LogP contribution < -0.4 is 0 Å². The number of fused-ring (bicyclic) bond motifs is 9. The van der Waals surface area contributed by atoms with Gasteiger partial charge < -0.3 is 4.42 Å². The van der Waals surface area contributed by atoms with E-state index in [9.17, 15) is 0 Å². The average molecular weight is 603 g/mol. The number of pyridine rings is 1. The van der Waals surface area contributed by atoms with E-state index in [0.717, 1.165) is 62.0 Å². The van der Waals surface area contributed by atoms with E-state index in [1.54, 1.807) is 6.20 Å². The first-order valence-electron chi connectivity index (χ1n) is 15.9. The zero-order valence-electron chi connectivity index (χ0n) is 25.3. The molecule has 6 aromatic carbocycles. The lowest BCUT2D eigenvalue weighted by Gasteiger charge is -2.15. The zero-order chi connectivity index (χ0) is 30.9. The van der Waals surface area contributed by atoms with E-state index >= 15 is 0 Å². The first-order valence-corrected chi connectivity index (χ1v) is 15.9. The van der Waals surface area contributed by atoms with E-state index in [0.29, 0.717) is 23.2 Å². The Labute approximate surface area is 269 Å². The lowest BCUT2D eigenvalue weighted by Crippen LogP contribution is -2.01. The molecule has 10 rings (SSSR count). The summed E-state index contributed by atoms with van der Waals surface area (Å²) < 4.78 is 6.41. The number of aromatic nitrogens is 4. The van der Waals surface area contributed by atoms with Crippen LogP contribution in [0.5, 0.6) is 0 Å². The fraction of sp³-hybridized carbons (Fsp3) is 0.0476. The Hall–Kier alpha value is -6.20. The van der Waals surface area contributed by atoms with Gasteiger partial charge in [0.1, 0.15) is 5.58 Å². The van der Waals surface area contributed by atoms with Crippen LogP contribution in [0, 0.1) is 0 Å². The quantitative estimate of drug-likeness (QED) is 0.201. The molecule has 1 aliphatic carbocycles. The van der Waals surface area contributed by atoms with Gasteiger partial charge in [0.2, 0.25) is 5.71 Å². The first kappa shape index (κ1) is 26.1.